The van der Waals surface area contributed by atoms with Gasteiger partial charge in [0.1, 0.15) is 5.78 Å². The summed E-state index contributed by atoms with van der Waals surface area (Å²) in [7, 11) is 0. The first-order valence-corrected chi connectivity index (χ1v) is 5.95. The molecule has 82 valence electrons. The van der Waals surface area contributed by atoms with Crippen molar-refractivity contribution < 1.29 is 4.79 Å². The number of hydrogen-bond acceptors (Lipinski definition) is 2. The minimum Gasteiger partial charge on any atom is -0.303 e. The van der Waals surface area contributed by atoms with E-state index in [-0.39, 0.29) is 5.92 Å². The average molecular weight is 197 g/mol. The van der Waals surface area contributed by atoms with E-state index >= 15 is 0 Å². The van der Waals surface area contributed by atoms with Crippen molar-refractivity contribution in [1.29, 1.82) is 0 Å². The minimum absolute atomic E-state index is 0.219. The first kappa shape index (κ1) is 11.7. The molecule has 0 unspecified atom stereocenters. The highest BCUT2D eigenvalue weighted by Gasteiger charge is 2.11. The molecule has 1 fully saturated rings. The van der Waals surface area contributed by atoms with Gasteiger partial charge in [-0.15, -0.1) is 0 Å². The quantitative estimate of drug-likeness (QED) is 0.675. The summed E-state index contributed by atoms with van der Waals surface area (Å²) in [5, 5.41) is 0. The molecule has 0 atom stereocenters. The van der Waals surface area contributed by atoms with Crippen LogP contribution in [0.4, 0.5) is 0 Å². The third-order valence-electron chi connectivity index (χ3n) is 2.99. The Hall–Kier alpha value is -0.370. The Balaban J connectivity index is 2.05. The van der Waals surface area contributed by atoms with Gasteiger partial charge in [0.25, 0.3) is 0 Å². The van der Waals surface area contributed by atoms with Crippen LogP contribution in [0.15, 0.2) is 0 Å². The summed E-state index contributed by atoms with van der Waals surface area (Å²) in [5.41, 5.74) is 0. The van der Waals surface area contributed by atoms with Crippen molar-refractivity contribution in [2.75, 3.05) is 19.6 Å². The first-order chi connectivity index (χ1) is 6.70. The average Bonchev–Trinajstić information content (AvgIpc) is 2.19. The lowest BCUT2D eigenvalue weighted by Gasteiger charge is -2.26. The van der Waals surface area contributed by atoms with E-state index in [9.17, 15) is 4.79 Å². The molecule has 0 aromatic heterocycles. The lowest BCUT2D eigenvalue weighted by atomic mass is 10.0. The molecule has 0 spiro atoms. The standard InChI is InChI=1S/C12H23NO/c1-11(2)12(14)7-6-10-13-8-4-3-5-9-13/h11H,3-10H2,1-2H3. The van der Waals surface area contributed by atoms with E-state index in [0.29, 0.717) is 5.78 Å². The third-order valence-corrected chi connectivity index (χ3v) is 2.99. The van der Waals surface area contributed by atoms with Crippen LogP contribution >= 0.6 is 0 Å². The van der Waals surface area contributed by atoms with E-state index in [0.717, 1.165) is 19.4 Å². The van der Waals surface area contributed by atoms with Crippen LogP contribution < -0.4 is 0 Å². The maximum absolute atomic E-state index is 11.4. The Bertz CT molecular complexity index is 171. The van der Waals surface area contributed by atoms with Gasteiger partial charge in [-0.3, -0.25) is 4.79 Å². The zero-order chi connectivity index (χ0) is 10.4. The van der Waals surface area contributed by atoms with Crippen molar-refractivity contribution in [2.45, 2.75) is 46.0 Å². The SMILES string of the molecule is CC(C)C(=O)CCCN1CCCCC1. The second-order valence-corrected chi connectivity index (χ2v) is 4.63. The Kier molecular flexibility index (Phi) is 5.16. The topological polar surface area (TPSA) is 20.3 Å². The Morgan fingerprint density at radius 3 is 2.43 bits per heavy atom. The Labute approximate surface area is 87.7 Å². The van der Waals surface area contributed by atoms with Crippen LogP contribution in [0.3, 0.4) is 0 Å². The van der Waals surface area contributed by atoms with Crippen molar-refractivity contribution in [3.63, 3.8) is 0 Å². The number of nitrogens with zero attached hydrogens (tertiary/aromatic N) is 1. The summed E-state index contributed by atoms with van der Waals surface area (Å²) in [5.74, 6) is 0.637. The molecule has 0 bridgehead atoms. The molecule has 1 aliphatic heterocycles. The summed E-state index contributed by atoms with van der Waals surface area (Å²) in [4.78, 5) is 13.9. The molecule has 0 aromatic carbocycles. The fraction of sp³-hybridized carbons (Fsp3) is 0.917. The summed E-state index contributed by atoms with van der Waals surface area (Å²) < 4.78 is 0. The summed E-state index contributed by atoms with van der Waals surface area (Å²) in [6, 6.07) is 0. The number of piperidine rings is 1. The van der Waals surface area contributed by atoms with Gasteiger partial charge in [0, 0.05) is 12.3 Å². The van der Waals surface area contributed by atoms with Gasteiger partial charge in [-0.1, -0.05) is 20.3 Å². The zero-order valence-electron chi connectivity index (χ0n) is 9.59. The van der Waals surface area contributed by atoms with Gasteiger partial charge in [0.15, 0.2) is 0 Å². The van der Waals surface area contributed by atoms with Gasteiger partial charge in [0.05, 0.1) is 0 Å². The lowest BCUT2D eigenvalue weighted by molar-refractivity contribution is -0.122. The second kappa shape index (κ2) is 6.18. The lowest BCUT2D eigenvalue weighted by Crippen LogP contribution is -2.30. The van der Waals surface area contributed by atoms with E-state index < -0.39 is 0 Å². The van der Waals surface area contributed by atoms with Crippen LogP contribution in [-0.2, 0) is 4.79 Å². The third kappa shape index (κ3) is 4.23. The van der Waals surface area contributed by atoms with Gasteiger partial charge < -0.3 is 4.90 Å². The van der Waals surface area contributed by atoms with Gasteiger partial charge in [-0.25, -0.2) is 0 Å². The molecule has 1 rings (SSSR count). The van der Waals surface area contributed by atoms with Crippen LogP contribution in [0, 0.1) is 5.92 Å². The molecule has 0 aliphatic carbocycles. The molecule has 1 saturated heterocycles. The monoisotopic (exact) mass is 197 g/mol. The zero-order valence-corrected chi connectivity index (χ0v) is 9.59. The number of Topliss-reactive ketones (excluding diaryl/α,β-unsaturated/α-hetero) is 1. The van der Waals surface area contributed by atoms with Crippen LogP contribution in [0.5, 0.6) is 0 Å². The maximum atomic E-state index is 11.4. The largest absolute Gasteiger partial charge is 0.303 e. The van der Waals surface area contributed by atoms with Crippen LogP contribution in [-0.4, -0.2) is 30.3 Å². The van der Waals surface area contributed by atoms with Gasteiger partial charge in [-0.05, 0) is 38.9 Å². The highest BCUT2D eigenvalue weighted by molar-refractivity contribution is 5.80. The molecule has 2 heteroatoms. The summed E-state index contributed by atoms with van der Waals surface area (Å²) in [6.07, 6.45) is 5.91. The number of likely N-dealkylation sites (tertiary alicyclic amines) is 1. The molecule has 0 radical (unpaired) electrons. The van der Waals surface area contributed by atoms with Gasteiger partial charge >= 0.3 is 0 Å². The molecule has 0 aromatic rings. The Morgan fingerprint density at radius 1 is 1.21 bits per heavy atom. The van der Waals surface area contributed by atoms with Crippen LogP contribution in [0.1, 0.15) is 46.0 Å². The molecule has 0 saturated carbocycles. The van der Waals surface area contributed by atoms with Crippen molar-refractivity contribution in [1.82, 2.24) is 4.90 Å². The fourth-order valence-corrected chi connectivity index (χ4v) is 1.95. The van der Waals surface area contributed by atoms with E-state index in [1.807, 2.05) is 13.8 Å². The van der Waals surface area contributed by atoms with Crippen molar-refractivity contribution in [3.8, 4) is 0 Å². The highest BCUT2D eigenvalue weighted by Crippen LogP contribution is 2.10. The maximum Gasteiger partial charge on any atom is 0.135 e. The molecule has 2 nitrogen and oxygen atoms in total. The summed E-state index contributed by atoms with van der Waals surface area (Å²) >= 11 is 0. The predicted molar refractivity (Wildman–Crippen MR) is 59.4 cm³/mol. The normalized spacial score (nSPS) is 18.8. The molecular weight excluding hydrogens is 174 g/mol. The number of carbonyl (C=O) groups is 1. The number of carbonyl (C=O) groups excluding carboxylic acids is 1. The number of hydrogen-bond donors (Lipinski definition) is 0. The molecule has 1 aliphatic rings. The highest BCUT2D eigenvalue weighted by atomic mass is 16.1. The molecular formula is C12H23NO. The van der Waals surface area contributed by atoms with Crippen LogP contribution in [0.2, 0.25) is 0 Å². The number of rotatable bonds is 5. The van der Waals surface area contributed by atoms with E-state index in [1.54, 1.807) is 0 Å². The van der Waals surface area contributed by atoms with Crippen molar-refractivity contribution in [2.24, 2.45) is 5.92 Å². The fourth-order valence-electron chi connectivity index (χ4n) is 1.95. The molecule has 1 heterocycles. The first-order valence-electron chi connectivity index (χ1n) is 5.95. The number of ketones is 1. The van der Waals surface area contributed by atoms with Gasteiger partial charge in [-0.2, -0.15) is 0 Å². The van der Waals surface area contributed by atoms with E-state index in [1.165, 1.54) is 32.4 Å². The molecule has 0 N–H and O–H groups in total. The van der Waals surface area contributed by atoms with Gasteiger partial charge in [0.2, 0.25) is 0 Å². The smallest absolute Gasteiger partial charge is 0.135 e. The van der Waals surface area contributed by atoms with Crippen molar-refractivity contribution >= 4 is 5.78 Å². The minimum atomic E-state index is 0.219. The predicted octanol–water partition coefficient (Wildman–Crippen LogP) is 2.48. The molecule has 0 amide bonds. The molecule has 14 heavy (non-hydrogen) atoms. The van der Waals surface area contributed by atoms with Crippen molar-refractivity contribution in [3.05, 3.63) is 0 Å². The van der Waals surface area contributed by atoms with Crippen LogP contribution in [0.25, 0.3) is 0 Å². The van der Waals surface area contributed by atoms with E-state index in [2.05, 4.69) is 4.90 Å². The summed E-state index contributed by atoms with van der Waals surface area (Å²) in [6.45, 7) is 7.59. The Morgan fingerprint density at radius 2 is 1.86 bits per heavy atom. The second-order valence-electron chi connectivity index (χ2n) is 4.63. The van der Waals surface area contributed by atoms with E-state index in [4.69, 9.17) is 0 Å².